The van der Waals surface area contributed by atoms with Crippen LogP contribution in [0.5, 0.6) is 0 Å². The van der Waals surface area contributed by atoms with Crippen molar-refractivity contribution >= 4 is 43.9 Å². The molecule has 0 saturated carbocycles. The predicted octanol–water partition coefficient (Wildman–Crippen LogP) is 10.4. The Bertz CT molecular complexity index is 824. The molecule has 1 unspecified atom stereocenters. The molecular weight excluding hydrogens is 531 g/mol. The summed E-state index contributed by atoms with van der Waals surface area (Å²) in [4.78, 5) is 4.85. The summed E-state index contributed by atoms with van der Waals surface area (Å²) in [6.45, 7) is 14.4. The molecule has 0 radical (unpaired) electrons. The molecule has 0 saturated heterocycles. The third-order valence-electron chi connectivity index (χ3n) is 8.06. The van der Waals surface area contributed by atoms with Gasteiger partial charge >= 0.3 is 213 Å². The van der Waals surface area contributed by atoms with E-state index >= 15 is 0 Å². The van der Waals surface area contributed by atoms with Gasteiger partial charge in [0.2, 0.25) is 0 Å². The summed E-state index contributed by atoms with van der Waals surface area (Å²) in [6, 6.07) is 5.35. The number of hydrogen-bond acceptors (Lipinski definition) is 2. The van der Waals surface area contributed by atoms with Crippen LogP contribution in [0.25, 0.3) is 9.75 Å². The van der Waals surface area contributed by atoms with E-state index in [-0.39, 0.29) is 5.41 Å². The second-order valence-electron chi connectivity index (χ2n) is 10.7. The zero-order chi connectivity index (χ0) is 23.2. The Morgan fingerprint density at radius 1 is 0.688 bits per heavy atom. The molecule has 2 heterocycles. The Morgan fingerprint density at radius 2 is 1.22 bits per heavy atom. The van der Waals surface area contributed by atoms with Gasteiger partial charge in [0.1, 0.15) is 0 Å². The molecule has 0 N–H and O–H groups in total. The zero-order valence-electron chi connectivity index (χ0n) is 21.9. The topological polar surface area (TPSA) is 0 Å². The summed E-state index contributed by atoms with van der Waals surface area (Å²) in [5.41, 5.74) is 3.66. The molecule has 32 heavy (non-hydrogen) atoms. The molecule has 1 aliphatic rings. The predicted molar refractivity (Wildman–Crippen MR) is 152 cm³/mol. The fourth-order valence-corrected chi connectivity index (χ4v) is 27.6. The van der Waals surface area contributed by atoms with Gasteiger partial charge in [0.25, 0.3) is 0 Å². The quantitative estimate of drug-likeness (QED) is 0.145. The normalized spacial score (nSPS) is 17.7. The minimum absolute atomic E-state index is 0.260. The van der Waals surface area contributed by atoms with Crippen LogP contribution < -0.4 is 2.89 Å². The van der Waals surface area contributed by atoms with Gasteiger partial charge in [0, 0.05) is 0 Å². The van der Waals surface area contributed by atoms with E-state index in [9.17, 15) is 0 Å². The summed E-state index contributed by atoms with van der Waals surface area (Å²) in [7, 11) is 0. The van der Waals surface area contributed by atoms with Gasteiger partial charge in [-0.1, -0.05) is 0 Å². The molecule has 3 rings (SSSR count). The molecule has 0 fully saturated rings. The van der Waals surface area contributed by atoms with Crippen molar-refractivity contribution in [3.8, 4) is 9.75 Å². The van der Waals surface area contributed by atoms with E-state index in [0.29, 0.717) is 0 Å². The van der Waals surface area contributed by atoms with E-state index in [4.69, 9.17) is 0 Å². The van der Waals surface area contributed by atoms with E-state index < -0.39 is 18.4 Å². The van der Waals surface area contributed by atoms with Crippen molar-refractivity contribution in [1.29, 1.82) is 0 Å². The number of rotatable bonds is 15. The van der Waals surface area contributed by atoms with E-state index in [1.165, 1.54) is 75.5 Å². The Kier molecular flexibility index (Phi) is 10.3. The molecular formula is C29H48S2Sn. The van der Waals surface area contributed by atoms with Crippen LogP contribution in [0.2, 0.25) is 13.3 Å². The minimum atomic E-state index is -2.36. The van der Waals surface area contributed by atoms with E-state index in [1.807, 2.05) is 2.89 Å². The molecule has 3 heteroatoms. The first-order valence-corrected chi connectivity index (χ1v) is 22.8. The van der Waals surface area contributed by atoms with Gasteiger partial charge in [0.15, 0.2) is 0 Å². The zero-order valence-corrected chi connectivity index (χ0v) is 26.4. The molecule has 2 aromatic heterocycles. The van der Waals surface area contributed by atoms with Crippen LogP contribution in [-0.4, -0.2) is 18.4 Å². The van der Waals surface area contributed by atoms with Gasteiger partial charge in [-0.3, -0.25) is 0 Å². The number of fused-ring (bicyclic) bond motifs is 3. The van der Waals surface area contributed by atoms with Crippen LogP contribution in [0.1, 0.15) is 121 Å². The van der Waals surface area contributed by atoms with Crippen LogP contribution >= 0.6 is 22.7 Å². The van der Waals surface area contributed by atoms with Crippen molar-refractivity contribution in [2.45, 2.75) is 131 Å². The SMILES string of the molecule is CCCCCCC1(C)c2cc(C)sc2-c2s[c]([Sn]([CH2]CCC)([CH2]CCC)[CH2]CCC)cc21. The third-order valence-corrected chi connectivity index (χ3v) is 28.6. The van der Waals surface area contributed by atoms with Crippen LogP contribution in [0.15, 0.2) is 12.1 Å². The molecule has 180 valence electrons. The van der Waals surface area contributed by atoms with Gasteiger partial charge in [0.05, 0.1) is 0 Å². The van der Waals surface area contributed by atoms with Crippen molar-refractivity contribution in [2.24, 2.45) is 0 Å². The first-order chi connectivity index (χ1) is 15.5. The van der Waals surface area contributed by atoms with Gasteiger partial charge in [-0.15, -0.1) is 0 Å². The molecule has 0 nitrogen and oxygen atoms in total. The van der Waals surface area contributed by atoms with Crippen LogP contribution in [-0.2, 0) is 5.41 Å². The first-order valence-electron chi connectivity index (χ1n) is 13.7. The maximum atomic E-state index is 2.82. The molecule has 0 aromatic carbocycles. The van der Waals surface area contributed by atoms with E-state index in [1.54, 1.807) is 34.2 Å². The Labute approximate surface area is 211 Å². The molecule has 0 bridgehead atoms. The van der Waals surface area contributed by atoms with Crippen LogP contribution in [0.4, 0.5) is 0 Å². The first kappa shape index (κ1) is 26.8. The maximum absolute atomic E-state index is 2.82. The molecule has 0 amide bonds. The van der Waals surface area contributed by atoms with Crippen molar-refractivity contribution in [2.75, 3.05) is 0 Å². The van der Waals surface area contributed by atoms with Gasteiger partial charge < -0.3 is 0 Å². The standard InChI is InChI=1S/C17H21S2.3C4H9.Sn/c1-4-5-6-7-9-17(3)13-8-10-18-15(13)16-14(17)11-12(2)19-16;3*1-3-4-2;/h8,11H,4-7,9H2,1-3H3;3*1,3-4H2,2H3;. The van der Waals surface area contributed by atoms with Crippen LogP contribution in [0, 0.1) is 6.92 Å². The molecule has 1 aliphatic carbocycles. The van der Waals surface area contributed by atoms with Gasteiger partial charge in [-0.2, -0.15) is 0 Å². The monoisotopic (exact) mass is 580 g/mol. The van der Waals surface area contributed by atoms with E-state index in [0.717, 1.165) is 0 Å². The van der Waals surface area contributed by atoms with E-state index in [2.05, 4.69) is 76.3 Å². The molecule has 2 aromatic rings. The molecule has 0 aliphatic heterocycles. The van der Waals surface area contributed by atoms with Gasteiger partial charge in [-0.05, 0) is 0 Å². The van der Waals surface area contributed by atoms with Crippen molar-refractivity contribution in [3.05, 3.63) is 28.1 Å². The summed E-state index contributed by atoms with van der Waals surface area (Å²) in [6.07, 6.45) is 15.3. The number of aryl methyl sites for hydroxylation is 1. The summed E-state index contributed by atoms with van der Waals surface area (Å²) in [5.74, 6) is 0. The molecule has 0 spiro atoms. The Morgan fingerprint density at radius 3 is 1.78 bits per heavy atom. The second-order valence-corrected chi connectivity index (χ2v) is 27.2. The summed E-state index contributed by atoms with van der Waals surface area (Å²) < 4.78 is 6.72. The number of hydrogen-bond donors (Lipinski definition) is 0. The fraction of sp³-hybridized carbons (Fsp3) is 0.724. The van der Waals surface area contributed by atoms with Crippen molar-refractivity contribution < 1.29 is 0 Å². The van der Waals surface area contributed by atoms with Crippen molar-refractivity contribution in [1.82, 2.24) is 0 Å². The number of unbranched alkanes of at least 4 members (excludes halogenated alkanes) is 6. The second kappa shape index (κ2) is 12.2. The average Bonchev–Trinajstić information content (AvgIpc) is 3.45. The third kappa shape index (κ3) is 5.54. The molecule has 1 atom stereocenters. The fourth-order valence-electron chi connectivity index (χ4n) is 5.93. The number of thiophene rings is 2. The van der Waals surface area contributed by atoms with Gasteiger partial charge in [-0.25, -0.2) is 0 Å². The van der Waals surface area contributed by atoms with Crippen molar-refractivity contribution in [3.63, 3.8) is 0 Å². The van der Waals surface area contributed by atoms with Crippen LogP contribution in [0.3, 0.4) is 0 Å². The average molecular weight is 580 g/mol. The summed E-state index contributed by atoms with van der Waals surface area (Å²) in [5, 5.41) is 0. The summed E-state index contributed by atoms with van der Waals surface area (Å²) >= 11 is 2.00. The Balaban J connectivity index is 2.03. The Hall–Kier alpha value is 0.199.